The Morgan fingerprint density at radius 2 is 1.04 bits per heavy atom. The summed E-state index contributed by atoms with van der Waals surface area (Å²) < 4.78 is 20.6. The van der Waals surface area contributed by atoms with Gasteiger partial charge in [0.25, 0.3) is 5.91 Å². The van der Waals surface area contributed by atoms with E-state index < -0.39 is 8.09 Å². The predicted molar refractivity (Wildman–Crippen MR) is 109 cm³/mol. The lowest BCUT2D eigenvalue weighted by atomic mass is 10.3. The van der Waals surface area contributed by atoms with Gasteiger partial charge < -0.3 is 0 Å². The van der Waals surface area contributed by atoms with Gasteiger partial charge >= 0.3 is 8.09 Å². The Kier molecular flexibility index (Phi) is 5.45. The zero-order chi connectivity index (χ0) is 19.2. The highest BCUT2D eigenvalue weighted by Gasteiger charge is 2.62. The highest BCUT2D eigenvalue weighted by atomic mass is 31.2. The molecule has 4 rings (SSSR count). The molecule has 1 aliphatic rings. The molecular weight excluding hydrogens is 373 g/mol. The van der Waals surface area contributed by atoms with Crippen LogP contribution in [-0.4, -0.2) is 17.1 Å². The highest BCUT2D eigenvalue weighted by Crippen LogP contribution is 2.64. The lowest BCUT2D eigenvalue weighted by Gasteiger charge is -2.27. The van der Waals surface area contributed by atoms with Gasteiger partial charge in [-0.1, -0.05) is 54.6 Å². The van der Waals surface area contributed by atoms with Crippen molar-refractivity contribution in [3.63, 3.8) is 0 Å². The van der Waals surface area contributed by atoms with Gasteiger partial charge in [-0.25, -0.2) is 0 Å². The number of para-hydroxylation sites is 3. The first-order valence-electron chi connectivity index (χ1n) is 9.19. The van der Waals surface area contributed by atoms with Gasteiger partial charge in [-0.2, -0.15) is 0 Å². The van der Waals surface area contributed by atoms with E-state index in [4.69, 9.17) is 13.6 Å². The van der Waals surface area contributed by atoms with Crippen molar-refractivity contribution in [3.05, 3.63) is 91.0 Å². The Balaban J connectivity index is 1.78. The fourth-order valence-electron chi connectivity index (χ4n) is 2.94. The first kappa shape index (κ1) is 18.3. The fraction of sp³-hybridized carbons (Fsp3) is 0.136. The van der Waals surface area contributed by atoms with Gasteiger partial charge in [0.15, 0.2) is 17.2 Å². The molecule has 0 aromatic heterocycles. The quantitative estimate of drug-likeness (QED) is 0.495. The van der Waals surface area contributed by atoms with Crippen LogP contribution < -0.4 is 13.6 Å². The van der Waals surface area contributed by atoms with Crippen molar-refractivity contribution in [2.45, 2.75) is 12.8 Å². The molecule has 0 atom stereocenters. The maximum Gasteiger partial charge on any atom is 0.672 e. The third-order valence-electron chi connectivity index (χ3n) is 4.24. The van der Waals surface area contributed by atoms with E-state index in [0.29, 0.717) is 30.2 Å². The first-order chi connectivity index (χ1) is 13.8. The van der Waals surface area contributed by atoms with E-state index >= 15 is 0 Å². The molecule has 0 spiro atoms. The lowest BCUT2D eigenvalue weighted by molar-refractivity contribution is -0.124. The molecule has 0 radical (unpaired) electrons. The number of nitrogens with zero attached hydrogens (tertiary/aromatic N) is 1. The van der Waals surface area contributed by atoms with Gasteiger partial charge in [0.1, 0.15) is 0 Å². The van der Waals surface area contributed by atoms with Gasteiger partial charge in [0, 0.05) is 6.42 Å². The maximum atomic E-state index is 12.7. The number of hydrogen-bond donors (Lipinski definition) is 0. The highest BCUT2D eigenvalue weighted by molar-refractivity contribution is 7.61. The van der Waals surface area contributed by atoms with E-state index in [1.165, 1.54) is 0 Å². The van der Waals surface area contributed by atoms with Gasteiger partial charge in [0.05, 0.1) is 6.54 Å². The first-order valence-corrected chi connectivity index (χ1v) is 10.7. The summed E-state index contributed by atoms with van der Waals surface area (Å²) in [6.07, 6.45) is 1.20. The van der Waals surface area contributed by atoms with Crippen LogP contribution in [0.15, 0.2) is 91.0 Å². The minimum atomic E-state index is -3.28. The second kappa shape index (κ2) is 8.32. The van der Waals surface area contributed by atoms with Crippen molar-refractivity contribution in [1.82, 2.24) is 4.67 Å². The number of carbonyl (C=O) groups is 1. The largest absolute Gasteiger partial charge is 0.672 e. The van der Waals surface area contributed by atoms with E-state index in [1.807, 2.05) is 91.0 Å². The smallest absolute Gasteiger partial charge is 0.271 e. The topological polar surface area (TPSA) is 48.0 Å². The molecule has 3 aromatic carbocycles. The van der Waals surface area contributed by atoms with Crippen LogP contribution in [0.25, 0.3) is 0 Å². The molecule has 28 heavy (non-hydrogen) atoms. The molecule has 0 aliphatic carbocycles. The van der Waals surface area contributed by atoms with E-state index in [1.54, 1.807) is 4.67 Å². The number of benzene rings is 3. The summed E-state index contributed by atoms with van der Waals surface area (Å²) in [6.45, 7) is 0.527. The van der Waals surface area contributed by atoms with Crippen molar-refractivity contribution in [3.8, 4) is 17.2 Å². The normalized spacial score (nSPS) is 14.0. The molecule has 0 saturated carbocycles. The molecule has 1 saturated heterocycles. The maximum absolute atomic E-state index is 12.7. The second-order valence-electron chi connectivity index (χ2n) is 6.30. The molecule has 1 aliphatic heterocycles. The van der Waals surface area contributed by atoms with E-state index in [2.05, 4.69) is 0 Å². The number of amides is 1. The average molecular weight is 394 g/mol. The van der Waals surface area contributed by atoms with Crippen molar-refractivity contribution >= 4 is 14.0 Å². The fourth-order valence-corrected chi connectivity index (χ4v) is 5.27. The Morgan fingerprint density at radius 3 is 1.36 bits per heavy atom. The van der Waals surface area contributed by atoms with E-state index in [9.17, 15) is 4.79 Å². The molecule has 1 amide bonds. The zero-order valence-corrected chi connectivity index (χ0v) is 16.2. The number of rotatable bonds is 7. The molecular formula is C22H21NO4P+. The summed E-state index contributed by atoms with van der Waals surface area (Å²) in [4.78, 5) is 12.7. The third-order valence-corrected chi connectivity index (χ3v) is 6.58. The molecule has 0 bridgehead atoms. The zero-order valence-electron chi connectivity index (χ0n) is 15.3. The van der Waals surface area contributed by atoms with Crippen LogP contribution in [0, 0.1) is 0 Å². The SMILES string of the molecule is O=C1CCCN1[P+](Oc1ccccc1)(Oc1ccccc1)Oc1ccccc1. The Hall–Kier alpha value is -3.04. The van der Waals surface area contributed by atoms with Gasteiger partial charge in [-0.05, 0) is 42.8 Å². The van der Waals surface area contributed by atoms with E-state index in [-0.39, 0.29) is 5.91 Å². The number of hydrogen-bond acceptors (Lipinski definition) is 4. The molecule has 6 heteroatoms. The van der Waals surface area contributed by atoms with Crippen LogP contribution in [0.2, 0.25) is 0 Å². The Morgan fingerprint density at radius 1 is 0.643 bits per heavy atom. The summed E-state index contributed by atoms with van der Waals surface area (Å²) in [7, 11) is -3.28. The summed E-state index contributed by atoms with van der Waals surface area (Å²) in [5.74, 6) is 1.73. The van der Waals surface area contributed by atoms with Crippen LogP contribution in [-0.2, 0) is 4.79 Å². The van der Waals surface area contributed by atoms with E-state index in [0.717, 1.165) is 6.42 Å². The number of carbonyl (C=O) groups excluding carboxylic acids is 1. The van der Waals surface area contributed by atoms with Crippen molar-refractivity contribution in [2.24, 2.45) is 0 Å². The standard InChI is InChI=1S/C22H21NO4P/c24-22-17-10-18-23(22)28(25-19-11-4-1-5-12-19,26-20-13-6-2-7-14-20)27-21-15-8-3-9-16-21/h1-9,11-16H,10,17-18H2/q+1. The molecule has 0 unspecified atom stereocenters. The third kappa shape index (κ3) is 4.10. The van der Waals surface area contributed by atoms with Gasteiger partial charge in [-0.15, -0.1) is 4.67 Å². The van der Waals surface area contributed by atoms with Crippen molar-refractivity contribution in [1.29, 1.82) is 0 Å². The minimum Gasteiger partial charge on any atom is -0.271 e. The molecule has 5 nitrogen and oxygen atoms in total. The lowest BCUT2D eigenvalue weighted by Crippen LogP contribution is -2.34. The van der Waals surface area contributed by atoms with Crippen LogP contribution in [0.5, 0.6) is 17.2 Å². The van der Waals surface area contributed by atoms with Crippen LogP contribution in [0.1, 0.15) is 12.8 Å². The molecule has 142 valence electrons. The monoisotopic (exact) mass is 394 g/mol. The molecule has 3 aromatic rings. The molecule has 0 N–H and O–H groups in total. The van der Waals surface area contributed by atoms with Crippen molar-refractivity contribution < 1.29 is 18.4 Å². The summed E-state index contributed by atoms with van der Waals surface area (Å²) in [5, 5.41) is 0. The van der Waals surface area contributed by atoms with Crippen LogP contribution in [0.3, 0.4) is 0 Å². The second-order valence-corrected chi connectivity index (χ2v) is 8.27. The van der Waals surface area contributed by atoms with Crippen LogP contribution in [0.4, 0.5) is 0 Å². The summed E-state index contributed by atoms with van der Waals surface area (Å²) in [5.41, 5.74) is 0. The van der Waals surface area contributed by atoms with Crippen LogP contribution >= 0.6 is 8.09 Å². The van der Waals surface area contributed by atoms with Gasteiger partial charge in [-0.3, -0.25) is 18.4 Å². The summed E-state index contributed by atoms with van der Waals surface area (Å²) in [6, 6.07) is 28.0. The summed E-state index contributed by atoms with van der Waals surface area (Å²) >= 11 is 0. The Labute approximate surface area is 165 Å². The predicted octanol–water partition coefficient (Wildman–Crippen LogP) is 5.52. The molecule has 1 heterocycles. The minimum absolute atomic E-state index is 0.0314. The average Bonchev–Trinajstić information content (AvgIpc) is 3.17. The molecule has 1 fully saturated rings. The van der Waals surface area contributed by atoms with Crippen molar-refractivity contribution in [2.75, 3.05) is 6.54 Å². The Bertz CT molecular complexity index is 804. The van der Waals surface area contributed by atoms with Gasteiger partial charge in [0.2, 0.25) is 0 Å².